The smallest absolute Gasteiger partial charge is 0.349 e. The number of aryl methyl sites for hydroxylation is 1. The largest absolute Gasteiger partial charge is 0.416 e. The summed E-state index contributed by atoms with van der Waals surface area (Å²) >= 11 is 0. The van der Waals surface area contributed by atoms with Crippen molar-refractivity contribution in [3.05, 3.63) is 71.0 Å². The molecule has 0 atom stereocenters. The highest BCUT2D eigenvalue weighted by atomic mass is 19.4. The van der Waals surface area contributed by atoms with E-state index in [9.17, 15) is 18.0 Å². The maximum atomic E-state index is 12.9. The molecular weight excluding hydrogens is 443 g/mol. The van der Waals surface area contributed by atoms with E-state index in [1.54, 1.807) is 4.68 Å². The maximum absolute atomic E-state index is 12.9. The zero-order valence-electron chi connectivity index (χ0n) is 18.9. The number of piperidine rings is 1. The van der Waals surface area contributed by atoms with Crippen LogP contribution in [0.2, 0.25) is 0 Å². The number of hydrogen-bond acceptors (Lipinski definition) is 4. The number of carbonyl (C=O) groups is 1. The topological polar surface area (TPSA) is 63.1 Å². The van der Waals surface area contributed by atoms with Crippen molar-refractivity contribution < 1.29 is 18.0 Å². The van der Waals surface area contributed by atoms with Gasteiger partial charge in [-0.15, -0.1) is 0 Å². The first-order chi connectivity index (χ1) is 16.2. The van der Waals surface area contributed by atoms with Gasteiger partial charge in [0.15, 0.2) is 5.82 Å². The maximum Gasteiger partial charge on any atom is 0.416 e. The molecule has 1 saturated heterocycles. The van der Waals surface area contributed by atoms with Crippen LogP contribution in [0, 0.1) is 6.92 Å². The van der Waals surface area contributed by atoms with E-state index in [1.165, 1.54) is 23.3 Å². The predicted octanol–water partition coefficient (Wildman–Crippen LogP) is 3.98. The van der Waals surface area contributed by atoms with E-state index in [1.807, 2.05) is 0 Å². The van der Waals surface area contributed by atoms with Crippen molar-refractivity contribution in [3.8, 4) is 11.4 Å². The Balaban J connectivity index is 1.31. The van der Waals surface area contributed by atoms with Gasteiger partial charge in [0.1, 0.15) is 12.4 Å². The van der Waals surface area contributed by atoms with Crippen molar-refractivity contribution >= 4 is 5.91 Å². The number of fused-ring (bicyclic) bond motifs is 1. The molecule has 6 nitrogen and oxygen atoms in total. The summed E-state index contributed by atoms with van der Waals surface area (Å²) in [6.07, 6.45) is -2.25. The first kappa shape index (κ1) is 22.6. The van der Waals surface area contributed by atoms with Crippen molar-refractivity contribution in [3.63, 3.8) is 0 Å². The summed E-state index contributed by atoms with van der Waals surface area (Å²) in [5, 5.41) is 7.64. The summed E-state index contributed by atoms with van der Waals surface area (Å²) in [4.78, 5) is 19.7. The third-order valence-corrected chi connectivity index (χ3v) is 6.75. The van der Waals surface area contributed by atoms with E-state index in [2.05, 4.69) is 51.5 Å². The Morgan fingerprint density at radius 1 is 1.03 bits per heavy atom. The zero-order chi connectivity index (χ0) is 23.9. The van der Waals surface area contributed by atoms with E-state index in [4.69, 9.17) is 0 Å². The molecule has 2 aromatic carbocycles. The van der Waals surface area contributed by atoms with Crippen LogP contribution in [0.5, 0.6) is 0 Å². The molecule has 0 bridgehead atoms. The van der Waals surface area contributed by atoms with Gasteiger partial charge in [-0.25, -0.2) is 9.67 Å². The average molecular weight is 470 g/mol. The summed E-state index contributed by atoms with van der Waals surface area (Å²) < 4.78 is 40.2. The molecule has 2 aliphatic heterocycles. The van der Waals surface area contributed by atoms with Crippen LogP contribution in [0.3, 0.4) is 0 Å². The van der Waals surface area contributed by atoms with Crippen LogP contribution >= 0.6 is 0 Å². The summed E-state index contributed by atoms with van der Waals surface area (Å²) in [6.45, 7) is 4.71. The standard InChI is InChI=1S/C25H26F3N5O/c1-17-2-4-18(5-3-17)15-32-12-10-24(11-13-32)14-21-29-23(31-33(21)16-22(34)30-24)19-6-8-20(9-7-19)25(26,27)28/h2-9H,10-16H2,1H3,(H,30,34). The molecule has 0 radical (unpaired) electrons. The van der Waals surface area contributed by atoms with E-state index >= 15 is 0 Å². The summed E-state index contributed by atoms with van der Waals surface area (Å²) in [5.74, 6) is 0.903. The van der Waals surface area contributed by atoms with E-state index in [0.717, 1.165) is 44.6 Å². The van der Waals surface area contributed by atoms with E-state index in [-0.39, 0.29) is 18.0 Å². The lowest BCUT2D eigenvalue weighted by Gasteiger charge is -2.41. The minimum Gasteiger partial charge on any atom is -0.349 e. The molecule has 1 fully saturated rings. The highest BCUT2D eigenvalue weighted by Gasteiger charge is 2.40. The van der Waals surface area contributed by atoms with E-state index in [0.29, 0.717) is 23.6 Å². The fraction of sp³-hybridized carbons (Fsp3) is 0.400. The monoisotopic (exact) mass is 469 g/mol. The van der Waals surface area contributed by atoms with Gasteiger partial charge >= 0.3 is 6.18 Å². The highest BCUT2D eigenvalue weighted by Crippen LogP contribution is 2.32. The van der Waals surface area contributed by atoms with Gasteiger partial charge in [0.05, 0.1) is 5.56 Å². The number of halogens is 3. The third-order valence-electron chi connectivity index (χ3n) is 6.75. The van der Waals surface area contributed by atoms with Gasteiger partial charge in [0.2, 0.25) is 5.91 Å². The van der Waals surface area contributed by atoms with Crippen molar-refractivity contribution in [2.75, 3.05) is 13.1 Å². The molecule has 0 unspecified atom stereocenters. The molecule has 9 heteroatoms. The minimum atomic E-state index is -4.39. The van der Waals surface area contributed by atoms with Crippen molar-refractivity contribution in [2.24, 2.45) is 0 Å². The molecule has 1 spiro atoms. The molecule has 2 aliphatic rings. The summed E-state index contributed by atoms with van der Waals surface area (Å²) in [6, 6.07) is 13.3. The van der Waals surface area contributed by atoms with Crippen molar-refractivity contribution in [1.29, 1.82) is 0 Å². The first-order valence-corrected chi connectivity index (χ1v) is 11.4. The average Bonchev–Trinajstić information content (AvgIpc) is 3.12. The van der Waals surface area contributed by atoms with Gasteiger partial charge in [-0.1, -0.05) is 42.0 Å². The Labute approximate surface area is 195 Å². The van der Waals surface area contributed by atoms with Crippen molar-refractivity contribution in [1.82, 2.24) is 25.0 Å². The zero-order valence-corrected chi connectivity index (χ0v) is 18.9. The minimum absolute atomic E-state index is 0.0534. The Kier molecular flexibility index (Phi) is 5.67. The second-order valence-corrected chi connectivity index (χ2v) is 9.35. The van der Waals surface area contributed by atoms with Gasteiger partial charge < -0.3 is 5.32 Å². The lowest BCUT2D eigenvalue weighted by Crippen LogP contribution is -2.56. The van der Waals surface area contributed by atoms with Gasteiger partial charge in [-0.3, -0.25) is 9.69 Å². The van der Waals surface area contributed by atoms with Crippen LogP contribution in [-0.4, -0.2) is 44.2 Å². The highest BCUT2D eigenvalue weighted by molar-refractivity contribution is 5.77. The number of nitrogens with one attached hydrogen (secondary N) is 1. The molecule has 3 heterocycles. The number of hydrogen-bond donors (Lipinski definition) is 1. The van der Waals surface area contributed by atoms with Crippen LogP contribution < -0.4 is 5.32 Å². The number of rotatable bonds is 3. The Hall–Kier alpha value is -3.20. The Morgan fingerprint density at radius 3 is 2.35 bits per heavy atom. The quantitative estimate of drug-likeness (QED) is 0.631. The second kappa shape index (κ2) is 8.54. The van der Waals surface area contributed by atoms with Crippen molar-refractivity contribution in [2.45, 2.75) is 51.0 Å². The van der Waals surface area contributed by atoms with Gasteiger partial charge in [-0.2, -0.15) is 18.3 Å². The lowest BCUT2D eigenvalue weighted by molar-refractivity contribution is -0.137. The molecule has 1 amide bonds. The number of amides is 1. The van der Waals surface area contributed by atoms with Crippen LogP contribution in [-0.2, 0) is 30.5 Å². The molecule has 34 heavy (non-hydrogen) atoms. The fourth-order valence-electron chi connectivity index (χ4n) is 4.77. The first-order valence-electron chi connectivity index (χ1n) is 11.4. The SMILES string of the molecule is Cc1ccc(CN2CCC3(CC2)Cc2nc(-c4ccc(C(F)(F)F)cc4)nn2CC(=O)N3)cc1. The number of carbonyl (C=O) groups excluding carboxylic acids is 1. The fourth-order valence-corrected chi connectivity index (χ4v) is 4.77. The molecule has 1 aromatic heterocycles. The van der Waals surface area contributed by atoms with Crippen LogP contribution in [0.25, 0.3) is 11.4 Å². The Morgan fingerprint density at radius 2 is 1.71 bits per heavy atom. The summed E-state index contributed by atoms with van der Waals surface area (Å²) in [7, 11) is 0. The third kappa shape index (κ3) is 4.70. The molecular formula is C25H26F3N5O. The van der Waals surface area contributed by atoms with E-state index < -0.39 is 11.7 Å². The second-order valence-electron chi connectivity index (χ2n) is 9.35. The molecule has 5 rings (SSSR count). The van der Waals surface area contributed by atoms with Gasteiger partial charge in [0.25, 0.3) is 0 Å². The lowest BCUT2D eigenvalue weighted by atomic mass is 9.84. The normalized spacial score (nSPS) is 18.4. The van der Waals surface area contributed by atoms with Crippen LogP contribution in [0.15, 0.2) is 48.5 Å². The van der Waals surface area contributed by atoms with Gasteiger partial charge in [-0.05, 0) is 37.5 Å². The Bertz CT molecular complexity index is 1180. The number of alkyl halides is 3. The number of likely N-dealkylation sites (tertiary alicyclic amines) is 1. The molecule has 0 aliphatic carbocycles. The predicted molar refractivity (Wildman–Crippen MR) is 121 cm³/mol. The molecule has 178 valence electrons. The van der Waals surface area contributed by atoms with Gasteiger partial charge in [0, 0.05) is 37.2 Å². The molecule has 0 saturated carbocycles. The van der Waals surface area contributed by atoms with Crippen LogP contribution in [0.1, 0.15) is 35.4 Å². The molecule has 1 N–H and O–H groups in total. The number of benzene rings is 2. The summed E-state index contributed by atoms with van der Waals surface area (Å²) in [5.41, 5.74) is 1.90. The number of nitrogens with zero attached hydrogens (tertiary/aromatic N) is 4. The molecule has 3 aromatic rings. The van der Waals surface area contributed by atoms with Crippen LogP contribution in [0.4, 0.5) is 13.2 Å². The number of aromatic nitrogens is 3.